The summed E-state index contributed by atoms with van der Waals surface area (Å²) in [4.78, 5) is 14.4. The number of ether oxygens (including phenoxy) is 1. The normalized spacial score (nSPS) is 18.7. The number of hydrogen-bond donors (Lipinski definition) is 1. The van der Waals surface area contributed by atoms with E-state index in [1.165, 1.54) is 6.42 Å². The first kappa shape index (κ1) is 14.7. The van der Waals surface area contributed by atoms with Gasteiger partial charge in [0.2, 0.25) is 0 Å². The molecule has 4 nitrogen and oxygen atoms in total. The van der Waals surface area contributed by atoms with Crippen LogP contribution in [0.3, 0.4) is 0 Å². The highest BCUT2D eigenvalue weighted by atomic mass is 16.5. The van der Waals surface area contributed by atoms with Crippen LogP contribution in [0.1, 0.15) is 39.5 Å². The maximum atomic E-state index is 12.5. The Morgan fingerprint density at radius 1 is 1.35 bits per heavy atom. The van der Waals surface area contributed by atoms with E-state index in [4.69, 9.17) is 4.74 Å². The molecule has 2 rings (SSSR count). The van der Waals surface area contributed by atoms with Crippen LogP contribution in [0.4, 0.5) is 10.5 Å². The molecule has 1 aromatic rings. The summed E-state index contributed by atoms with van der Waals surface area (Å²) in [5, 5.41) is 2.99. The highest BCUT2D eigenvalue weighted by Gasteiger charge is 2.25. The molecular weight excluding hydrogens is 252 g/mol. The fourth-order valence-electron chi connectivity index (χ4n) is 2.73. The quantitative estimate of drug-likeness (QED) is 0.906. The first-order chi connectivity index (χ1) is 9.76. The molecule has 1 atom stereocenters. The van der Waals surface area contributed by atoms with Gasteiger partial charge in [-0.15, -0.1) is 0 Å². The molecule has 0 radical (unpaired) electrons. The number of nitrogens with zero attached hydrogens (tertiary/aromatic N) is 1. The van der Waals surface area contributed by atoms with Crippen molar-refractivity contribution in [1.82, 2.24) is 4.90 Å². The molecular formula is C16H24N2O2. The lowest BCUT2D eigenvalue weighted by molar-refractivity contribution is 0.160. The van der Waals surface area contributed by atoms with Crippen LogP contribution in [0, 0.1) is 0 Å². The second-order valence-electron chi connectivity index (χ2n) is 5.11. The van der Waals surface area contributed by atoms with Crippen molar-refractivity contribution in [2.24, 2.45) is 0 Å². The number of para-hydroxylation sites is 2. The third kappa shape index (κ3) is 3.44. The van der Waals surface area contributed by atoms with E-state index in [0.29, 0.717) is 12.6 Å². The van der Waals surface area contributed by atoms with Crippen LogP contribution in [-0.2, 0) is 0 Å². The van der Waals surface area contributed by atoms with Crippen molar-refractivity contribution < 1.29 is 9.53 Å². The fraction of sp³-hybridized carbons (Fsp3) is 0.562. The van der Waals surface area contributed by atoms with E-state index < -0.39 is 0 Å². The predicted octanol–water partition coefficient (Wildman–Crippen LogP) is 3.88. The number of carbonyl (C=O) groups is 1. The average molecular weight is 276 g/mol. The molecule has 1 aliphatic rings. The lowest BCUT2D eigenvalue weighted by Crippen LogP contribution is -2.45. The van der Waals surface area contributed by atoms with Gasteiger partial charge in [0.05, 0.1) is 12.3 Å². The first-order valence-electron chi connectivity index (χ1n) is 7.55. The van der Waals surface area contributed by atoms with E-state index in [1.54, 1.807) is 0 Å². The number of amides is 2. The molecule has 0 bridgehead atoms. The van der Waals surface area contributed by atoms with E-state index in [2.05, 4.69) is 12.2 Å². The minimum atomic E-state index is -0.0105. The Morgan fingerprint density at radius 3 is 2.90 bits per heavy atom. The molecule has 4 heteroatoms. The van der Waals surface area contributed by atoms with Gasteiger partial charge < -0.3 is 15.0 Å². The van der Waals surface area contributed by atoms with Crippen LogP contribution in [0.5, 0.6) is 5.75 Å². The number of rotatable bonds is 4. The molecule has 1 aromatic carbocycles. The van der Waals surface area contributed by atoms with E-state index in [1.807, 2.05) is 36.1 Å². The molecule has 1 saturated heterocycles. The van der Waals surface area contributed by atoms with Crippen molar-refractivity contribution in [1.29, 1.82) is 0 Å². The maximum Gasteiger partial charge on any atom is 0.322 e. The fourth-order valence-corrected chi connectivity index (χ4v) is 2.73. The number of piperidine rings is 1. The zero-order valence-electron chi connectivity index (χ0n) is 12.4. The number of benzene rings is 1. The molecule has 0 aliphatic carbocycles. The van der Waals surface area contributed by atoms with Gasteiger partial charge >= 0.3 is 6.03 Å². The van der Waals surface area contributed by atoms with E-state index >= 15 is 0 Å². The summed E-state index contributed by atoms with van der Waals surface area (Å²) in [5.74, 6) is 0.730. The first-order valence-corrected chi connectivity index (χ1v) is 7.55. The molecule has 20 heavy (non-hydrogen) atoms. The molecule has 1 N–H and O–H groups in total. The van der Waals surface area contributed by atoms with Gasteiger partial charge in [-0.05, 0) is 44.7 Å². The molecule has 110 valence electrons. The average Bonchev–Trinajstić information content (AvgIpc) is 2.49. The van der Waals surface area contributed by atoms with Crippen molar-refractivity contribution in [2.75, 3.05) is 18.5 Å². The molecule has 0 aromatic heterocycles. The van der Waals surface area contributed by atoms with Crippen LogP contribution in [-0.4, -0.2) is 30.1 Å². The van der Waals surface area contributed by atoms with Crippen molar-refractivity contribution >= 4 is 11.7 Å². The monoisotopic (exact) mass is 276 g/mol. The summed E-state index contributed by atoms with van der Waals surface area (Å²) >= 11 is 0. The van der Waals surface area contributed by atoms with Gasteiger partial charge in [0, 0.05) is 12.6 Å². The summed E-state index contributed by atoms with van der Waals surface area (Å²) in [6.45, 7) is 5.52. The molecule has 0 unspecified atom stereocenters. The minimum absolute atomic E-state index is 0.0105. The second kappa shape index (κ2) is 7.17. The number of anilines is 1. The van der Waals surface area contributed by atoms with Gasteiger partial charge in [-0.3, -0.25) is 0 Å². The lowest BCUT2D eigenvalue weighted by Gasteiger charge is -2.35. The zero-order chi connectivity index (χ0) is 14.4. The van der Waals surface area contributed by atoms with Crippen molar-refractivity contribution in [3.05, 3.63) is 24.3 Å². The van der Waals surface area contributed by atoms with Gasteiger partial charge in [-0.25, -0.2) is 4.79 Å². The highest BCUT2D eigenvalue weighted by Crippen LogP contribution is 2.26. The molecule has 0 spiro atoms. The number of carbonyl (C=O) groups excluding carboxylic acids is 1. The van der Waals surface area contributed by atoms with Crippen LogP contribution in [0.15, 0.2) is 24.3 Å². The minimum Gasteiger partial charge on any atom is -0.492 e. The van der Waals surface area contributed by atoms with Crippen LogP contribution in [0.25, 0.3) is 0 Å². The van der Waals surface area contributed by atoms with Gasteiger partial charge in [0.15, 0.2) is 0 Å². The Bertz CT molecular complexity index is 448. The molecule has 2 amide bonds. The lowest BCUT2D eigenvalue weighted by atomic mass is 10.0. The van der Waals surface area contributed by atoms with Crippen molar-refractivity contribution in [2.45, 2.75) is 45.6 Å². The molecule has 1 aliphatic heterocycles. The SMILES string of the molecule is CCOc1ccccc1NC(=O)N1CCCC[C@H]1CC. The van der Waals surface area contributed by atoms with Gasteiger partial charge in [-0.1, -0.05) is 19.1 Å². The Morgan fingerprint density at radius 2 is 2.15 bits per heavy atom. The van der Waals surface area contributed by atoms with E-state index in [0.717, 1.165) is 37.2 Å². The molecule has 1 heterocycles. The summed E-state index contributed by atoms with van der Waals surface area (Å²) in [5.41, 5.74) is 0.750. The number of nitrogens with one attached hydrogen (secondary N) is 1. The van der Waals surface area contributed by atoms with Gasteiger partial charge in [0.25, 0.3) is 0 Å². The Balaban J connectivity index is 2.07. The predicted molar refractivity (Wildman–Crippen MR) is 81.3 cm³/mol. The van der Waals surface area contributed by atoms with Crippen LogP contribution < -0.4 is 10.1 Å². The third-order valence-electron chi connectivity index (χ3n) is 3.79. The number of urea groups is 1. The maximum absolute atomic E-state index is 12.5. The second-order valence-corrected chi connectivity index (χ2v) is 5.11. The van der Waals surface area contributed by atoms with Crippen molar-refractivity contribution in [3.8, 4) is 5.75 Å². The molecule has 0 saturated carbocycles. The summed E-state index contributed by atoms with van der Waals surface area (Å²) in [6, 6.07) is 7.94. The third-order valence-corrected chi connectivity index (χ3v) is 3.79. The Hall–Kier alpha value is -1.71. The highest BCUT2D eigenvalue weighted by molar-refractivity contribution is 5.91. The summed E-state index contributed by atoms with van der Waals surface area (Å²) < 4.78 is 5.55. The van der Waals surface area contributed by atoms with Gasteiger partial charge in [-0.2, -0.15) is 0 Å². The van der Waals surface area contributed by atoms with E-state index in [-0.39, 0.29) is 6.03 Å². The zero-order valence-corrected chi connectivity index (χ0v) is 12.4. The smallest absolute Gasteiger partial charge is 0.322 e. The Kier molecular flexibility index (Phi) is 5.27. The molecule has 1 fully saturated rings. The Labute approximate surface area is 121 Å². The number of likely N-dealkylation sites (tertiary alicyclic amines) is 1. The number of hydrogen-bond acceptors (Lipinski definition) is 2. The largest absolute Gasteiger partial charge is 0.492 e. The van der Waals surface area contributed by atoms with Crippen LogP contribution in [0.2, 0.25) is 0 Å². The summed E-state index contributed by atoms with van der Waals surface area (Å²) in [7, 11) is 0. The standard InChI is InChI=1S/C16H24N2O2/c1-3-13-9-7-8-12-18(13)16(19)17-14-10-5-6-11-15(14)20-4-2/h5-6,10-11,13H,3-4,7-9,12H2,1-2H3,(H,17,19)/t13-/m1/s1. The van der Waals surface area contributed by atoms with Crippen molar-refractivity contribution in [3.63, 3.8) is 0 Å². The van der Waals surface area contributed by atoms with Gasteiger partial charge in [0.1, 0.15) is 5.75 Å². The van der Waals surface area contributed by atoms with Crippen LogP contribution >= 0.6 is 0 Å². The summed E-state index contributed by atoms with van der Waals surface area (Å²) in [6.07, 6.45) is 4.44. The topological polar surface area (TPSA) is 41.6 Å². The van der Waals surface area contributed by atoms with E-state index in [9.17, 15) is 4.79 Å².